The predicted molar refractivity (Wildman–Crippen MR) is 300 cm³/mol. The van der Waals surface area contributed by atoms with Gasteiger partial charge in [0, 0.05) is 66.8 Å². The molecular weight excluding hydrogens is 1020 g/mol. The van der Waals surface area contributed by atoms with E-state index in [1.165, 1.54) is 11.1 Å². The normalized spacial score (nSPS) is 31.2. The molecule has 1 unspecified atom stereocenters. The summed E-state index contributed by atoms with van der Waals surface area (Å²) in [6.07, 6.45) is 10.7. The van der Waals surface area contributed by atoms with Gasteiger partial charge in [-0.3, -0.25) is 10.1 Å². The van der Waals surface area contributed by atoms with Gasteiger partial charge in [-0.15, -0.1) is 0 Å². The lowest BCUT2D eigenvalue weighted by atomic mass is 9.61. The molecule has 424 valence electrons. The summed E-state index contributed by atoms with van der Waals surface area (Å²) in [5.74, 6) is -3.24. The Kier molecular flexibility index (Phi) is 14.3. The summed E-state index contributed by atoms with van der Waals surface area (Å²) in [4.78, 5) is 30.1. The van der Waals surface area contributed by atoms with Crippen molar-refractivity contribution >= 4 is 16.9 Å². The highest BCUT2D eigenvalue weighted by molar-refractivity contribution is 5.93. The molecule has 0 amide bonds. The number of hydrogen-bond donors (Lipinski definition) is 11. The summed E-state index contributed by atoms with van der Waals surface area (Å²) in [7, 11) is 0. The number of aromatic hydroxyl groups is 2. The molecule has 5 aliphatic heterocycles. The molecule has 6 heterocycles. The van der Waals surface area contributed by atoms with Crippen LogP contribution in [0, 0.1) is 17.8 Å². The van der Waals surface area contributed by atoms with Crippen molar-refractivity contribution in [1.82, 2.24) is 16.0 Å². The van der Waals surface area contributed by atoms with E-state index >= 15 is 4.79 Å². The summed E-state index contributed by atoms with van der Waals surface area (Å²) < 4.78 is 21.4. The zero-order valence-electron chi connectivity index (χ0n) is 45.9. The van der Waals surface area contributed by atoms with E-state index in [1.807, 2.05) is 37.3 Å². The van der Waals surface area contributed by atoms with E-state index in [1.54, 1.807) is 25.1 Å². The van der Waals surface area contributed by atoms with Crippen LogP contribution < -0.4 is 31.8 Å². The van der Waals surface area contributed by atoms with Crippen LogP contribution in [0.1, 0.15) is 154 Å². The smallest absolute Gasteiger partial charge is 0.337 e. The molecule has 0 radical (unpaired) electrons. The third-order valence-corrected chi connectivity index (χ3v) is 19.8. The van der Waals surface area contributed by atoms with Crippen LogP contribution in [0.2, 0.25) is 0 Å². The van der Waals surface area contributed by atoms with Crippen LogP contribution in [0.15, 0.2) is 115 Å². The van der Waals surface area contributed by atoms with Crippen LogP contribution in [-0.4, -0.2) is 91.0 Å². The maximum absolute atomic E-state index is 15.5. The maximum atomic E-state index is 15.5. The molecule has 12 N–H and O–H groups in total. The molecule has 1 saturated heterocycles. The van der Waals surface area contributed by atoms with Crippen molar-refractivity contribution in [2.75, 3.05) is 19.8 Å². The molecular formula is C64H76N4O12. The van der Waals surface area contributed by atoms with Crippen LogP contribution in [-0.2, 0) is 29.0 Å². The molecule has 3 aliphatic carbocycles. The SMILES string of the molecule is C/C=C(\C(=O)O[C@@H]1Cc2c3c(c4oc(CO)cc(=O)c4c2O)[C@H]2C4=CCNC(N)=C4[C@@H](CCc4ccc(O)cc4[C@@H]2CO)[C@@H]2CCC4=C5CC[C@@H](C)NC5NC=C4C[C@@H]2[C@]1(C)O3)[C@]1(O)CC[C@H](c2cccc([C@@H](O)CCCO)c2)C1. The fraction of sp³-hybridized carbons (Fsp3) is 0.500. The Hall–Kier alpha value is -6.40. The van der Waals surface area contributed by atoms with Crippen molar-refractivity contribution in [1.29, 1.82) is 0 Å². The molecule has 8 aliphatic rings. The van der Waals surface area contributed by atoms with E-state index in [0.717, 1.165) is 58.7 Å². The van der Waals surface area contributed by atoms with Crippen LogP contribution in [0.3, 0.4) is 0 Å². The van der Waals surface area contributed by atoms with Crippen molar-refractivity contribution in [3.8, 4) is 17.2 Å². The molecule has 12 atom stereocenters. The highest BCUT2D eigenvalue weighted by atomic mass is 16.6. The zero-order valence-corrected chi connectivity index (χ0v) is 45.9. The Morgan fingerprint density at radius 1 is 1.02 bits per heavy atom. The molecule has 3 fully saturated rings. The number of carbonyl (C=O) groups is 1. The minimum atomic E-state index is -1.59. The highest BCUT2D eigenvalue weighted by Crippen LogP contribution is 2.62. The number of rotatable bonds is 10. The first-order valence-corrected chi connectivity index (χ1v) is 29.0. The number of carbonyl (C=O) groups excluding carboxylic acids is 1. The van der Waals surface area contributed by atoms with E-state index in [9.17, 15) is 40.5 Å². The third kappa shape index (κ3) is 9.05. The number of benzene rings is 3. The second-order valence-electron chi connectivity index (χ2n) is 24.2. The fourth-order valence-corrected chi connectivity index (χ4v) is 15.9. The highest BCUT2D eigenvalue weighted by Gasteiger charge is 2.59. The number of aryl methyl sites for hydroxylation is 1. The average Bonchev–Trinajstić information content (AvgIpc) is 3.77. The Bertz CT molecular complexity index is 3380. The second kappa shape index (κ2) is 21.2. The third-order valence-electron chi connectivity index (χ3n) is 19.8. The Balaban J connectivity index is 1.06. The van der Waals surface area contributed by atoms with E-state index < -0.39 is 71.5 Å². The van der Waals surface area contributed by atoms with Gasteiger partial charge in [0.25, 0.3) is 0 Å². The van der Waals surface area contributed by atoms with Gasteiger partial charge in [0.1, 0.15) is 58.1 Å². The van der Waals surface area contributed by atoms with Crippen LogP contribution in [0.4, 0.5) is 0 Å². The number of ether oxygens (including phenoxy) is 2. The number of fused-ring (bicyclic) bond motifs is 10. The number of nitrogens with one attached hydrogen (secondary N) is 3. The molecule has 12 rings (SSSR count). The molecule has 4 aromatic rings. The minimum absolute atomic E-state index is 0.0150. The monoisotopic (exact) mass is 1090 g/mol. The Morgan fingerprint density at radius 2 is 1.86 bits per heavy atom. The van der Waals surface area contributed by atoms with Gasteiger partial charge in [0.05, 0.1) is 30.1 Å². The number of phenols is 2. The Labute approximate surface area is 465 Å². The lowest BCUT2D eigenvalue weighted by molar-refractivity contribution is -0.171. The second-order valence-corrected chi connectivity index (χ2v) is 24.2. The summed E-state index contributed by atoms with van der Waals surface area (Å²) >= 11 is 0. The van der Waals surface area contributed by atoms with Gasteiger partial charge in [0.2, 0.25) is 0 Å². The topological polar surface area (TPSA) is 269 Å². The van der Waals surface area contributed by atoms with Gasteiger partial charge >= 0.3 is 5.97 Å². The van der Waals surface area contributed by atoms with Crippen LogP contribution in [0.25, 0.3) is 11.0 Å². The standard InChI is InChI=1S/C64H76N4O12/c1-4-48(64(77)20-18-36(28-64)34-7-5-8-35(23-34)50(73)9-6-22-69)62(76)79-52-27-46-57(75)55-51(74)26-39(30-70)78-59(55)56-53-44-19-21-66-60(65)54(44)42(15-12-33-11-13-38(72)25-45(33)47(53)31-71)41-17-16-40-37(24-49(41)63(52,3)80-58(46)56)29-67-61-43(40)14-10-32(2)68-61/h4-5,7-8,11,13,19,23,25-26,29,32,36,41-42,47,49-50,52-53,61,66-73,75,77H,6,9-10,12,14-18,20-22,24,27-28,30-31,65H2,1-3H3/b48-4+/t32-,36+,41+,42+,47+,49+,50+,52-,53+,61?,63+,64+/m1/s1. The van der Waals surface area contributed by atoms with Gasteiger partial charge in [-0.2, -0.15) is 0 Å². The number of phenolic OH excluding ortho intramolecular Hbond substituents is 2. The molecule has 4 bridgehead atoms. The molecule has 0 spiro atoms. The van der Waals surface area contributed by atoms with Gasteiger partial charge in [-0.05, 0) is 178 Å². The lowest BCUT2D eigenvalue weighted by Crippen LogP contribution is -2.59. The number of dihydropyridines is 2. The largest absolute Gasteiger partial charge is 0.508 e. The molecule has 3 aromatic carbocycles. The number of aliphatic hydroxyl groups is 5. The Morgan fingerprint density at radius 3 is 2.65 bits per heavy atom. The average molecular weight is 1090 g/mol. The van der Waals surface area contributed by atoms with Crippen LogP contribution >= 0.6 is 0 Å². The molecule has 16 heteroatoms. The molecule has 2 saturated carbocycles. The van der Waals surface area contributed by atoms with Crippen molar-refractivity contribution in [3.63, 3.8) is 0 Å². The van der Waals surface area contributed by atoms with Gasteiger partial charge in [-0.1, -0.05) is 42.5 Å². The van der Waals surface area contributed by atoms with Crippen molar-refractivity contribution in [2.24, 2.45) is 23.5 Å². The summed E-state index contributed by atoms with van der Waals surface area (Å²) in [6.45, 7) is 5.19. The summed E-state index contributed by atoms with van der Waals surface area (Å²) in [5.41, 5.74) is 13.1. The van der Waals surface area contributed by atoms with Crippen molar-refractivity contribution < 1.29 is 54.4 Å². The van der Waals surface area contributed by atoms with Gasteiger partial charge < -0.3 is 66.0 Å². The van der Waals surface area contributed by atoms with Crippen LogP contribution in [0.5, 0.6) is 17.2 Å². The summed E-state index contributed by atoms with van der Waals surface area (Å²) in [5, 5.41) is 90.6. The summed E-state index contributed by atoms with van der Waals surface area (Å²) in [6, 6.07) is 14.4. The quantitative estimate of drug-likeness (QED) is 0.0554. The van der Waals surface area contributed by atoms with E-state index in [4.69, 9.17) is 19.6 Å². The molecule has 80 heavy (non-hydrogen) atoms. The van der Waals surface area contributed by atoms with Gasteiger partial charge in [-0.25, -0.2) is 4.79 Å². The number of aliphatic hydroxyl groups excluding tert-OH is 4. The van der Waals surface area contributed by atoms with Crippen molar-refractivity contribution in [2.45, 2.75) is 164 Å². The first-order valence-electron chi connectivity index (χ1n) is 29.0. The van der Waals surface area contributed by atoms with Gasteiger partial charge in [0.15, 0.2) is 5.43 Å². The lowest BCUT2D eigenvalue weighted by Gasteiger charge is -2.52. The van der Waals surface area contributed by atoms with E-state index in [0.29, 0.717) is 74.5 Å². The number of hydrogen-bond acceptors (Lipinski definition) is 16. The van der Waals surface area contributed by atoms with Crippen molar-refractivity contribution in [3.05, 3.63) is 156 Å². The fourth-order valence-electron chi connectivity index (χ4n) is 15.9. The minimum Gasteiger partial charge on any atom is -0.508 e. The first-order chi connectivity index (χ1) is 38.6. The maximum Gasteiger partial charge on any atom is 0.337 e. The number of piperidine rings is 1. The number of allylic oxidation sites excluding steroid dienone is 5. The first kappa shape index (κ1) is 54.2. The van der Waals surface area contributed by atoms with E-state index in [2.05, 4.69) is 35.2 Å². The predicted octanol–water partition coefficient (Wildman–Crippen LogP) is 7.19. The molecule has 1 aromatic heterocycles. The molecule has 16 nitrogen and oxygen atoms in total. The number of nitrogens with two attached hydrogens (primary N) is 1. The van der Waals surface area contributed by atoms with E-state index in [-0.39, 0.29) is 89.2 Å². The zero-order chi connectivity index (χ0) is 55.9. The number of esters is 1.